The first-order chi connectivity index (χ1) is 7.54. The van der Waals surface area contributed by atoms with Crippen LogP contribution in [0.3, 0.4) is 0 Å². The van der Waals surface area contributed by atoms with Gasteiger partial charge in [0.25, 0.3) is 0 Å². The molecule has 4 heteroatoms. The van der Waals surface area contributed by atoms with Crippen LogP contribution in [0.2, 0.25) is 4.34 Å². The highest BCUT2D eigenvalue weighted by atomic mass is 35.5. The molecule has 0 aliphatic heterocycles. The van der Waals surface area contributed by atoms with Crippen LogP contribution in [0.5, 0.6) is 0 Å². The Kier molecular flexibility index (Phi) is 5.25. The summed E-state index contributed by atoms with van der Waals surface area (Å²) in [5.41, 5.74) is -0.211. The molecule has 1 aromatic rings. The molecule has 2 atom stereocenters. The van der Waals surface area contributed by atoms with E-state index < -0.39 is 0 Å². The number of nitrogens with one attached hydrogen (secondary N) is 1. The molecular weight excluding hydrogens is 242 g/mol. The molecule has 2 N–H and O–H groups in total. The molecule has 92 valence electrons. The maximum atomic E-state index is 9.40. The quantitative estimate of drug-likeness (QED) is 0.820. The predicted octanol–water partition coefficient (Wildman–Crippen LogP) is 3.60. The summed E-state index contributed by atoms with van der Waals surface area (Å²) >= 11 is 7.55. The summed E-state index contributed by atoms with van der Waals surface area (Å²) in [6, 6.07) is 4.25. The molecule has 1 rings (SSSR count). The van der Waals surface area contributed by atoms with Crippen LogP contribution in [0.15, 0.2) is 12.1 Å². The number of halogens is 1. The lowest BCUT2D eigenvalue weighted by molar-refractivity contribution is 0.156. The molecule has 0 aliphatic rings. The first-order valence-corrected chi connectivity index (χ1v) is 6.88. The molecule has 1 heterocycles. The highest BCUT2D eigenvalue weighted by Gasteiger charge is 2.25. The summed E-state index contributed by atoms with van der Waals surface area (Å²) in [7, 11) is 0. The summed E-state index contributed by atoms with van der Waals surface area (Å²) in [6.45, 7) is 6.42. The number of hydrogen-bond acceptors (Lipinski definition) is 3. The molecular formula is C12H20ClNOS. The van der Waals surface area contributed by atoms with Crippen molar-refractivity contribution in [2.45, 2.75) is 45.2 Å². The van der Waals surface area contributed by atoms with Crippen LogP contribution in [0.25, 0.3) is 0 Å². The Labute approximate surface area is 107 Å². The van der Waals surface area contributed by atoms with Gasteiger partial charge in [-0.3, -0.25) is 0 Å². The molecule has 0 aliphatic carbocycles. The number of hydrogen-bond donors (Lipinski definition) is 2. The third-order valence-electron chi connectivity index (χ3n) is 3.00. The van der Waals surface area contributed by atoms with Crippen LogP contribution in [-0.2, 0) is 0 Å². The summed E-state index contributed by atoms with van der Waals surface area (Å²) < 4.78 is 0.817. The van der Waals surface area contributed by atoms with Crippen LogP contribution in [0, 0.1) is 0 Å². The Morgan fingerprint density at radius 1 is 1.50 bits per heavy atom. The second-order valence-electron chi connectivity index (χ2n) is 4.32. The Bertz CT molecular complexity index is 323. The molecule has 2 nitrogen and oxygen atoms in total. The molecule has 0 saturated carbocycles. The largest absolute Gasteiger partial charge is 0.394 e. The van der Waals surface area contributed by atoms with Gasteiger partial charge in [0.1, 0.15) is 0 Å². The van der Waals surface area contributed by atoms with Gasteiger partial charge in [0.2, 0.25) is 0 Å². The van der Waals surface area contributed by atoms with Crippen LogP contribution in [0.4, 0.5) is 0 Å². The first kappa shape index (κ1) is 14.0. The van der Waals surface area contributed by atoms with Gasteiger partial charge in [-0.25, -0.2) is 0 Å². The summed E-state index contributed by atoms with van der Waals surface area (Å²) in [5, 5.41) is 12.9. The third-order valence-corrected chi connectivity index (χ3v) is 4.34. The molecule has 0 aromatic carbocycles. The fourth-order valence-corrected chi connectivity index (χ4v) is 2.77. The zero-order chi connectivity index (χ0) is 12.2. The Hall–Kier alpha value is -0.0900. The second kappa shape index (κ2) is 6.01. The molecule has 2 unspecified atom stereocenters. The highest BCUT2D eigenvalue weighted by Crippen LogP contribution is 2.30. The van der Waals surface area contributed by atoms with Crippen molar-refractivity contribution in [1.82, 2.24) is 5.32 Å². The number of aliphatic hydroxyl groups is 1. The summed E-state index contributed by atoms with van der Waals surface area (Å²) in [4.78, 5) is 1.24. The molecule has 0 radical (unpaired) electrons. The molecule has 0 bridgehead atoms. The van der Waals surface area contributed by atoms with Gasteiger partial charge >= 0.3 is 0 Å². The smallest absolute Gasteiger partial charge is 0.0931 e. The van der Waals surface area contributed by atoms with Gasteiger partial charge in [0, 0.05) is 16.5 Å². The van der Waals surface area contributed by atoms with Crippen molar-refractivity contribution in [3.63, 3.8) is 0 Å². The zero-order valence-electron chi connectivity index (χ0n) is 10.1. The van der Waals surface area contributed by atoms with Gasteiger partial charge in [-0.05, 0) is 31.9 Å². The number of thiophene rings is 1. The average molecular weight is 262 g/mol. The van der Waals surface area contributed by atoms with Gasteiger partial charge in [-0.1, -0.05) is 25.4 Å². The van der Waals surface area contributed by atoms with Crippen molar-refractivity contribution in [2.24, 2.45) is 0 Å². The van der Waals surface area contributed by atoms with E-state index in [4.69, 9.17) is 11.6 Å². The van der Waals surface area contributed by atoms with Crippen LogP contribution >= 0.6 is 22.9 Å². The molecule has 0 amide bonds. The summed E-state index contributed by atoms with van der Waals surface area (Å²) in [5.74, 6) is 0. The minimum Gasteiger partial charge on any atom is -0.394 e. The van der Waals surface area contributed by atoms with E-state index in [9.17, 15) is 5.11 Å². The number of aliphatic hydroxyl groups excluding tert-OH is 1. The minimum absolute atomic E-state index is 0.152. The lowest BCUT2D eigenvalue weighted by atomic mass is 9.97. The van der Waals surface area contributed by atoms with Crippen molar-refractivity contribution in [3.8, 4) is 0 Å². The van der Waals surface area contributed by atoms with E-state index in [1.54, 1.807) is 11.3 Å². The molecule has 0 spiro atoms. The Morgan fingerprint density at radius 3 is 2.56 bits per heavy atom. The van der Waals surface area contributed by atoms with E-state index in [2.05, 4.69) is 25.2 Å². The van der Waals surface area contributed by atoms with Gasteiger partial charge in [0.05, 0.1) is 10.9 Å². The SMILES string of the molecule is CCC(NC(C)(CC)CO)c1ccc(Cl)s1. The lowest BCUT2D eigenvalue weighted by Gasteiger charge is -2.32. The maximum absolute atomic E-state index is 9.40. The normalized spacial score (nSPS) is 17.1. The van der Waals surface area contributed by atoms with Crippen molar-refractivity contribution in [1.29, 1.82) is 0 Å². The van der Waals surface area contributed by atoms with Crippen LogP contribution in [0.1, 0.15) is 44.5 Å². The minimum atomic E-state index is -0.211. The van der Waals surface area contributed by atoms with Gasteiger partial charge in [-0.15, -0.1) is 11.3 Å². The van der Waals surface area contributed by atoms with Gasteiger partial charge < -0.3 is 10.4 Å². The standard InChI is InChI=1S/C12H20ClNOS/c1-4-9(10-6-7-11(13)16-10)14-12(3,5-2)8-15/h6-7,9,14-15H,4-5,8H2,1-3H3. The fourth-order valence-electron chi connectivity index (χ4n) is 1.57. The first-order valence-electron chi connectivity index (χ1n) is 5.68. The fraction of sp³-hybridized carbons (Fsp3) is 0.667. The lowest BCUT2D eigenvalue weighted by Crippen LogP contribution is -2.46. The monoisotopic (exact) mass is 261 g/mol. The maximum Gasteiger partial charge on any atom is 0.0931 e. The van der Waals surface area contributed by atoms with Crippen molar-refractivity contribution >= 4 is 22.9 Å². The van der Waals surface area contributed by atoms with Gasteiger partial charge in [0.15, 0.2) is 0 Å². The number of rotatable bonds is 6. The van der Waals surface area contributed by atoms with Crippen LogP contribution in [-0.4, -0.2) is 17.3 Å². The topological polar surface area (TPSA) is 32.3 Å². The third kappa shape index (κ3) is 3.45. The molecule has 1 aromatic heterocycles. The average Bonchev–Trinajstić information content (AvgIpc) is 2.72. The van der Waals surface area contributed by atoms with E-state index in [0.29, 0.717) is 0 Å². The van der Waals surface area contributed by atoms with E-state index in [-0.39, 0.29) is 18.2 Å². The molecule has 0 fully saturated rings. The zero-order valence-corrected chi connectivity index (χ0v) is 11.7. The van der Waals surface area contributed by atoms with E-state index in [1.165, 1.54) is 4.88 Å². The van der Waals surface area contributed by atoms with E-state index >= 15 is 0 Å². The van der Waals surface area contributed by atoms with Gasteiger partial charge in [-0.2, -0.15) is 0 Å². The predicted molar refractivity (Wildman–Crippen MR) is 71.3 cm³/mol. The highest BCUT2D eigenvalue weighted by molar-refractivity contribution is 7.16. The van der Waals surface area contributed by atoms with Crippen LogP contribution < -0.4 is 5.32 Å². The molecule has 16 heavy (non-hydrogen) atoms. The summed E-state index contributed by atoms with van der Waals surface area (Å²) in [6.07, 6.45) is 1.89. The van der Waals surface area contributed by atoms with Crippen molar-refractivity contribution < 1.29 is 5.11 Å². The Balaban J connectivity index is 2.76. The van der Waals surface area contributed by atoms with E-state index in [0.717, 1.165) is 17.2 Å². The molecule has 0 saturated heterocycles. The van der Waals surface area contributed by atoms with E-state index in [1.807, 2.05) is 13.0 Å². The Morgan fingerprint density at radius 2 is 2.19 bits per heavy atom. The van der Waals surface area contributed by atoms with Crippen molar-refractivity contribution in [3.05, 3.63) is 21.3 Å². The van der Waals surface area contributed by atoms with Crippen molar-refractivity contribution in [2.75, 3.05) is 6.61 Å². The second-order valence-corrected chi connectivity index (χ2v) is 6.07.